The van der Waals surface area contributed by atoms with Crippen molar-refractivity contribution in [1.29, 1.82) is 0 Å². The van der Waals surface area contributed by atoms with E-state index >= 15 is 0 Å². The second kappa shape index (κ2) is 10.8. The average molecular weight is 647 g/mol. The monoisotopic (exact) mass is 647 g/mol. The van der Waals surface area contributed by atoms with Crippen LogP contribution in [0.15, 0.2) is 40.8 Å². The predicted molar refractivity (Wildman–Crippen MR) is 136 cm³/mol. The first-order valence-corrected chi connectivity index (χ1v) is 12.1. The summed E-state index contributed by atoms with van der Waals surface area (Å²) in [7, 11) is 0. The van der Waals surface area contributed by atoms with E-state index in [0.29, 0.717) is 48.5 Å². The van der Waals surface area contributed by atoms with Gasteiger partial charge in [-0.15, -0.1) is 0 Å². The molecule has 8 heteroatoms. The maximum atomic E-state index is 13.6. The molecule has 3 rings (SSSR count). The molecule has 1 heterocycles. The molecule has 0 aliphatic heterocycles. The van der Waals surface area contributed by atoms with E-state index < -0.39 is 5.97 Å². The summed E-state index contributed by atoms with van der Waals surface area (Å²) < 4.78 is 13.4. The number of para-hydroxylation sites is 1. The third-order valence-electron chi connectivity index (χ3n) is 4.91. The van der Waals surface area contributed by atoms with Crippen LogP contribution in [0.4, 0.5) is 0 Å². The van der Waals surface area contributed by atoms with E-state index in [1.165, 1.54) is 0 Å². The standard InChI is InChI=1S/C23H23I2NO5/c1-13(10-20(27)28)6-7-19-21(15-4-2-3-5-18(15)31-19)22(29)14-11-16(24)23(17(25)12-14)30-9-8-26/h2-5,11-13H,6-10,26H2,1H3,(H,27,28). The summed E-state index contributed by atoms with van der Waals surface area (Å²) in [4.78, 5) is 24.6. The molecule has 0 radical (unpaired) electrons. The molecule has 31 heavy (non-hydrogen) atoms. The molecule has 3 aromatic rings. The number of halogens is 2. The second-order valence-corrected chi connectivity index (χ2v) is 9.70. The summed E-state index contributed by atoms with van der Waals surface area (Å²) in [6.07, 6.45) is 1.20. The summed E-state index contributed by atoms with van der Waals surface area (Å²) >= 11 is 4.33. The Balaban J connectivity index is 1.97. The van der Waals surface area contributed by atoms with Gasteiger partial charge in [0.2, 0.25) is 0 Å². The smallest absolute Gasteiger partial charge is 0.303 e. The van der Waals surface area contributed by atoms with Crippen molar-refractivity contribution in [3.63, 3.8) is 0 Å². The number of aryl methyl sites for hydroxylation is 1. The van der Waals surface area contributed by atoms with E-state index in [1.807, 2.05) is 43.3 Å². The van der Waals surface area contributed by atoms with Gasteiger partial charge in [-0.05, 0) is 75.7 Å². The van der Waals surface area contributed by atoms with Crippen molar-refractivity contribution in [2.45, 2.75) is 26.2 Å². The largest absolute Gasteiger partial charge is 0.490 e. The minimum atomic E-state index is -0.825. The summed E-state index contributed by atoms with van der Waals surface area (Å²) in [6.45, 7) is 2.71. The first-order valence-electron chi connectivity index (χ1n) is 9.90. The number of fused-ring (bicyclic) bond motifs is 1. The third kappa shape index (κ3) is 5.78. The molecule has 0 saturated heterocycles. The van der Waals surface area contributed by atoms with Crippen LogP contribution in [0.2, 0.25) is 0 Å². The van der Waals surface area contributed by atoms with Gasteiger partial charge in [-0.25, -0.2) is 0 Å². The van der Waals surface area contributed by atoms with Gasteiger partial charge in [0, 0.05) is 30.3 Å². The molecule has 1 atom stereocenters. The molecular formula is C23H23I2NO5. The Hall–Kier alpha value is -1.66. The molecule has 0 fully saturated rings. The number of hydrogen-bond acceptors (Lipinski definition) is 5. The second-order valence-electron chi connectivity index (χ2n) is 7.37. The van der Waals surface area contributed by atoms with Crippen LogP contribution in [0.1, 0.15) is 41.4 Å². The number of rotatable bonds is 10. The Kier molecular flexibility index (Phi) is 8.34. The number of nitrogens with two attached hydrogens (primary N) is 1. The lowest BCUT2D eigenvalue weighted by molar-refractivity contribution is -0.138. The van der Waals surface area contributed by atoms with E-state index in [4.69, 9.17) is 20.0 Å². The van der Waals surface area contributed by atoms with Gasteiger partial charge in [0.15, 0.2) is 5.78 Å². The number of carboxylic acid groups (broad SMARTS) is 1. The number of ether oxygens (including phenoxy) is 1. The van der Waals surface area contributed by atoms with Gasteiger partial charge >= 0.3 is 5.97 Å². The van der Waals surface area contributed by atoms with Crippen molar-refractivity contribution < 1.29 is 23.8 Å². The molecular weight excluding hydrogens is 624 g/mol. The van der Waals surface area contributed by atoms with Gasteiger partial charge in [0.1, 0.15) is 23.7 Å². The number of ketones is 1. The highest BCUT2D eigenvalue weighted by molar-refractivity contribution is 14.1. The van der Waals surface area contributed by atoms with E-state index in [1.54, 1.807) is 0 Å². The van der Waals surface area contributed by atoms with Crippen LogP contribution in [0, 0.1) is 13.1 Å². The van der Waals surface area contributed by atoms with Crippen molar-refractivity contribution in [3.8, 4) is 5.75 Å². The Morgan fingerprint density at radius 3 is 2.52 bits per heavy atom. The van der Waals surface area contributed by atoms with Gasteiger partial charge in [0.05, 0.1) is 12.7 Å². The highest BCUT2D eigenvalue weighted by Gasteiger charge is 2.24. The molecule has 3 N–H and O–H groups in total. The maximum Gasteiger partial charge on any atom is 0.303 e. The van der Waals surface area contributed by atoms with Crippen molar-refractivity contribution in [1.82, 2.24) is 0 Å². The molecule has 2 aromatic carbocycles. The van der Waals surface area contributed by atoms with E-state index in [2.05, 4.69) is 45.2 Å². The Labute approximate surface area is 207 Å². The van der Waals surface area contributed by atoms with Crippen LogP contribution in [-0.4, -0.2) is 30.0 Å². The number of furan rings is 1. The number of aliphatic carboxylic acids is 1. The number of benzene rings is 2. The number of carbonyl (C=O) groups is 2. The Morgan fingerprint density at radius 1 is 1.19 bits per heavy atom. The fourth-order valence-electron chi connectivity index (χ4n) is 3.43. The van der Waals surface area contributed by atoms with E-state index in [0.717, 1.165) is 18.3 Å². The van der Waals surface area contributed by atoms with Gasteiger partial charge < -0.3 is 20.0 Å². The van der Waals surface area contributed by atoms with Gasteiger partial charge in [0.25, 0.3) is 0 Å². The third-order valence-corrected chi connectivity index (χ3v) is 6.51. The highest BCUT2D eigenvalue weighted by atomic mass is 127. The minimum absolute atomic E-state index is 0.0189. The number of carbonyl (C=O) groups excluding carboxylic acids is 1. The molecule has 0 aliphatic rings. The Bertz CT molecular complexity index is 1090. The van der Waals surface area contributed by atoms with Crippen molar-refractivity contribution >= 4 is 67.9 Å². The lowest BCUT2D eigenvalue weighted by Gasteiger charge is -2.12. The van der Waals surface area contributed by atoms with Crippen LogP contribution >= 0.6 is 45.2 Å². The summed E-state index contributed by atoms with van der Waals surface area (Å²) in [5.41, 5.74) is 7.29. The fraction of sp³-hybridized carbons (Fsp3) is 0.304. The van der Waals surface area contributed by atoms with Crippen LogP contribution in [0.3, 0.4) is 0 Å². The summed E-state index contributed by atoms with van der Waals surface area (Å²) in [6, 6.07) is 11.1. The quantitative estimate of drug-likeness (QED) is 0.230. The Morgan fingerprint density at radius 2 is 1.87 bits per heavy atom. The lowest BCUT2D eigenvalue weighted by atomic mass is 9.95. The molecule has 0 aliphatic carbocycles. The molecule has 0 amide bonds. The first-order chi connectivity index (χ1) is 14.8. The van der Waals surface area contributed by atoms with Crippen LogP contribution in [-0.2, 0) is 11.2 Å². The fourth-order valence-corrected chi connectivity index (χ4v) is 5.51. The molecule has 0 spiro atoms. The van der Waals surface area contributed by atoms with Crippen molar-refractivity contribution in [2.75, 3.05) is 13.2 Å². The molecule has 0 bridgehead atoms. The van der Waals surface area contributed by atoms with Crippen LogP contribution < -0.4 is 10.5 Å². The molecule has 0 saturated carbocycles. The molecule has 6 nitrogen and oxygen atoms in total. The van der Waals surface area contributed by atoms with Gasteiger partial charge in [-0.3, -0.25) is 9.59 Å². The SMILES string of the molecule is CC(CCc1oc2ccccc2c1C(=O)c1cc(I)c(OCCN)c(I)c1)CC(=O)O. The molecule has 164 valence electrons. The highest BCUT2D eigenvalue weighted by Crippen LogP contribution is 2.33. The maximum absolute atomic E-state index is 13.6. The van der Waals surface area contributed by atoms with Crippen molar-refractivity contribution in [3.05, 3.63) is 60.4 Å². The first kappa shape index (κ1) is 24.0. The predicted octanol–water partition coefficient (Wildman–Crippen LogP) is 5.25. The minimum Gasteiger partial charge on any atom is -0.490 e. The van der Waals surface area contributed by atoms with E-state index in [9.17, 15) is 9.59 Å². The number of hydrogen-bond donors (Lipinski definition) is 2. The van der Waals surface area contributed by atoms with Crippen LogP contribution in [0.25, 0.3) is 11.0 Å². The van der Waals surface area contributed by atoms with Gasteiger partial charge in [-0.1, -0.05) is 25.1 Å². The normalized spacial score (nSPS) is 12.1. The average Bonchev–Trinajstić information content (AvgIpc) is 3.09. The zero-order valence-corrected chi connectivity index (χ0v) is 21.3. The summed E-state index contributed by atoms with van der Waals surface area (Å²) in [5.74, 6) is 0.357. The van der Waals surface area contributed by atoms with Crippen LogP contribution in [0.5, 0.6) is 5.75 Å². The number of carboxylic acids is 1. The van der Waals surface area contributed by atoms with E-state index in [-0.39, 0.29) is 18.1 Å². The van der Waals surface area contributed by atoms with Crippen molar-refractivity contribution in [2.24, 2.45) is 11.7 Å². The lowest BCUT2D eigenvalue weighted by Crippen LogP contribution is -2.13. The zero-order chi connectivity index (χ0) is 22.5. The topological polar surface area (TPSA) is 103 Å². The zero-order valence-electron chi connectivity index (χ0n) is 17.0. The molecule has 1 unspecified atom stereocenters. The summed E-state index contributed by atoms with van der Waals surface area (Å²) in [5, 5.41) is 9.78. The molecule has 1 aromatic heterocycles. The van der Waals surface area contributed by atoms with Gasteiger partial charge in [-0.2, -0.15) is 0 Å².